The SMILES string of the molecule is CCc1ccc(C(COC)NS(=O)(=O)C2CCC(C#N)C2)o1. The number of hydrogen-bond acceptors (Lipinski definition) is 5. The molecule has 3 unspecified atom stereocenters. The summed E-state index contributed by atoms with van der Waals surface area (Å²) in [6.07, 6.45) is 2.30. The van der Waals surface area contributed by atoms with E-state index in [1.54, 1.807) is 6.07 Å². The van der Waals surface area contributed by atoms with Crippen LogP contribution in [-0.2, 0) is 21.2 Å². The van der Waals surface area contributed by atoms with Gasteiger partial charge in [-0.05, 0) is 31.4 Å². The van der Waals surface area contributed by atoms with Crippen molar-refractivity contribution < 1.29 is 17.6 Å². The van der Waals surface area contributed by atoms with Gasteiger partial charge in [-0.3, -0.25) is 0 Å². The van der Waals surface area contributed by atoms with Gasteiger partial charge in [0.05, 0.1) is 17.9 Å². The Bertz CT molecular complexity index is 632. The van der Waals surface area contributed by atoms with E-state index in [1.165, 1.54) is 7.11 Å². The van der Waals surface area contributed by atoms with E-state index in [0.717, 1.165) is 12.2 Å². The first-order chi connectivity index (χ1) is 10.5. The Balaban J connectivity index is 2.11. The van der Waals surface area contributed by atoms with Gasteiger partial charge < -0.3 is 9.15 Å². The number of nitrogens with zero attached hydrogens (tertiary/aromatic N) is 1. The number of nitrogens with one attached hydrogen (secondary N) is 1. The molecule has 1 aromatic rings. The number of methoxy groups -OCH3 is 1. The van der Waals surface area contributed by atoms with Crippen LogP contribution in [0.25, 0.3) is 0 Å². The lowest BCUT2D eigenvalue weighted by Gasteiger charge is -2.19. The summed E-state index contributed by atoms with van der Waals surface area (Å²) in [5.74, 6) is 1.19. The molecule has 0 saturated heterocycles. The van der Waals surface area contributed by atoms with E-state index in [9.17, 15) is 8.42 Å². The maximum absolute atomic E-state index is 12.5. The Morgan fingerprint density at radius 1 is 1.50 bits per heavy atom. The molecule has 0 amide bonds. The molecule has 6 nitrogen and oxygen atoms in total. The summed E-state index contributed by atoms with van der Waals surface area (Å²) in [7, 11) is -1.99. The first-order valence-corrected chi connectivity index (χ1v) is 9.03. The van der Waals surface area contributed by atoms with Gasteiger partial charge >= 0.3 is 0 Å². The smallest absolute Gasteiger partial charge is 0.215 e. The van der Waals surface area contributed by atoms with Crippen LogP contribution in [0.5, 0.6) is 0 Å². The molecule has 22 heavy (non-hydrogen) atoms. The van der Waals surface area contributed by atoms with Gasteiger partial charge in [-0.25, -0.2) is 13.1 Å². The van der Waals surface area contributed by atoms with E-state index in [2.05, 4.69) is 10.8 Å². The quantitative estimate of drug-likeness (QED) is 0.828. The summed E-state index contributed by atoms with van der Waals surface area (Å²) < 4.78 is 38.5. The Kier molecular flexibility index (Phi) is 5.62. The number of hydrogen-bond donors (Lipinski definition) is 1. The molecule has 1 aromatic heterocycles. The molecule has 0 spiro atoms. The Hall–Kier alpha value is -1.36. The predicted molar refractivity (Wildman–Crippen MR) is 81.5 cm³/mol. The van der Waals surface area contributed by atoms with Gasteiger partial charge in [0, 0.05) is 19.4 Å². The molecule has 1 heterocycles. The molecule has 1 N–H and O–H groups in total. The van der Waals surface area contributed by atoms with Crippen LogP contribution in [0.2, 0.25) is 0 Å². The number of furan rings is 1. The van der Waals surface area contributed by atoms with Crippen molar-refractivity contribution in [1.29, 1.82) is 5.26 Å². The van der Waals surface area contributed by atoms with Gasteiger partial charge in [-0.2, -0.15) is 5.26 Å². The highest BCUT2D eigenvalue weighted by molar-refractivity contribution is 7.90. The summed E-state index contributed by atoms with van der Waals surface area (Å²) in [6, 6.07) is 5.22. The zero-order chi connectivity index (χ0) is 16.2. The largest absolute Gasteiger partial charge is 0.464 e. The Labute approximate surface area is 131 Å². The molecular formula is C15H22N2O4S. The average molecular weight is 326 g/mol. The minimum atomic E-state index is -3.51. The van der Waals surface area contributed by atoms with Crippen LogP contribution in [0, 0.1) is 17.2 Å². The third-order valence-electron chi connectivity index (χ3n) is 4.02. The van der Waals surface area contributed by atoms with Gasteiger partial charge in [-0.1, -0.05) is 6.92 Å². The first kappa shape index (κ1) is 17.0. The van der Waals surface area contributed by atoms with Crippen LogP contribution in [0.15, 0.2) is 16.5 Å². The highest BCUT2D eigenvalue weighted by Gasteiger charge is 2.36. The van der Waals surface area contributed by atoms with Crippen molar-refractivity contribution in [1.82, 2.24) is 4.72 Å². The number of sulfonamides is 1. The zero-order valence-corrected chi connectivity index (χ0v) is 13.7. The lowest BCUT2D eigenvalue weighted by Crippen LogP contribution is -2.37. The second-order valence-corrected chi connectivity index (χ2v) is 7.58. The first-order valence-electron chi connectivity index (χ1n) is 7.48. The molecular weight excluding hydrogens is 304 g/mol. The fraction of sp³-hybridized carbons (Fsp3) is 0.667. The maximum Gasteiger partial charge on any atom is 0.215 e. The number of aryl methyl sites for hydroxylation is 1. The molecule has 0 aliphatic heterocycles. The third-order valence-corrected chi connectivity index (χ3v) is 5.94. The minimum absolute atomic E-state index is 0.169. The van der Waals surface area contributed by atoms with Crippen molar-refractivity contribution in [3.63, 3.8) is 0 Å². The van der Waals surface area contributed by atoms with E-state index in [0.29, 0.717) is 25.0 Å². The molecule has 1 aliphatic carbocycles. The molecule has 1 aliphatic rings. The fourth-order valence-corrected chi connectivity index (χ4v) is 4.45. The van der Waals surface area contributed by atoms with Crippen LogP contribution in [0.3, 0.4) is 0 Å². The lowest BCUT2D eigenvalue weighted by atomic mass is 10.1. The molecule has 3 atom stereocenters. The van der Waals surface area contributed by atoms with Gasteiger partial charge in [-0.15, -0.1) is 0 Å². The van der Waals surface area contributed by atoms with Gasteiger partial charge in [0.1, 0.15) is 17.6 Å². The van der Waals surface area contributed by atoms with Crippen molar-refractivity contribution in [3.05, 3.63) is 23.7 Å². The van der Waals surface area contributed by atoms with Crippen molar-refractivity contribution in [2.75, 3.05) is 13.7 Å². The van der Waals surface area contributed by atoms with Crippen LogP contribution < -0.4 is 4.72 Å². The van der Waals surface area contributed by atoms with Gasteiger partial charge in [0.25, 0.3) is 0 Å². The maximum atomic E-state index is 12.5. The topological polar surface area (TPSA) is 92.3 Å². The van der Waals surface area contributed by atoms with E-state index in [1.807, 2.05) is 13.0 Å². The number of ether oxygens (including phenoxy) is 1. The van der Waals surface area contributed by atoms with Crippen molar-refractivity contribution in [3.8, 4) is 6.07 Å². The summed E-state index contributed by atoms with van der Waals surface area (Å²) in [5, 5.41) is 8.41. The average Bonchev–Trinajstić information content (AvgIpc) is 3.16. The van der Waals surface area contributed by atoms with Crippen LogP contribution in [0.1, 0.15) is 43.7 Å². The fourth-order valence-electron chi connectivity index (χ4n) is 2.75. The predicted octanol–water partition coefficient (Wildman–Crippen LogP) is 2.14. The van der Waals surface area contributed by atoms with Crippen molar-refractivity contribution in [2.45, 2.75) is 43.9 Å². The van der Waals surface area contributed by atoms with E-state index >= 15 is 0 Å². The minimum Gasteiger partial charge on any atom is -0.464 e. The summed E-state index contributed by atoms with van der Waals surface area (Å²) in [5.41, 5.74) is 0. The summed E-state index contributed by atoms with van der Waals surface area (Å²) >= 11 is 0. The van der Waals surface area contributed by atoms with Crippen LogP contribution >= 0.6 is 0 Å². The standard InChI is InChI=1S/C15H22N2O4S/c1-3-12-5-7-15(21-12)14(10-20-2)17-22(18,19)13-6-4-11(8-13)9-16/h5,7,11,13-14,17H,3-4,6,8,10H2,1-2H3. The lowest BCUT2D eigenvalue weighted by molar-refractivity contribution is 0.165. The van der Waals surface area contributed by atoms with Crippen LogP contribution in [-0.4, -0.2) is 27.4 Å². The van der Waals surface area contributed by atoms with Gasteiger partial charge in [0.2, 0.25) is 10.0 Å². The molecule has 1 saturated carbocycles. The molecule has 2 rings (SSSR count). The van der Waals surface area contributed by atoms with E-state index in [-0.39, 0.29) is 12.5 Å². The Morgan fingerprint density at radius 2 is 2.27 bits per heavy atom. The second kappa shape index (κ2) is 7.27. The number of rotatable bonds is 7. The van der Waals surface area contributed by atoms with Gasteiger partial charge in [0.15, 0.2) is 0 Å². The zero-order valence-electron chi connectivity index (χ0n) is 12.9. The molecule has 122 valence electrons. The molecule has 0 bridgehead atoms. The number of nitriles is 1. The molecule has 7 heteroatoms. The molecule has 0 aromatic carbocycles. The summed E-state index contributed by atoms with van der Waals surface area (Å²) in [6.45, 7) is 2.17. The highest BCUT2D eigenvalue weighted by atomic mass is 32.2. The van der Waals surface area contributed by atoms with E-state index < -0.39 is 21.3 Å². The Morgan fingerprint density at radius 3 is 2.82 bits per heavy atom. The third kappa shape index (κ3) is 3.88. The normalized spacial score (nSPS) is 23.3. The highest BCUT2D eigenvalue weighted by Crippen LogP contribution is 2.30. The van der Waals surface area contributed by atoms with Crippen molar-refractivity contribution in [2.24, 2.45) is 5.92 Å². The second-order valence-electron chi connectivity index (χ2n) is 5.59. The summed E-state index contributed by atoms with van der Waals surface area (Å²) in [4.78, 5) is 0. The van der Waals surface area contributed by atoms with Crippen molar-refractivity contribution >= 4 is 10.0 Å². The monoisotopic (exact) mass is 326 g/mol. The van der Waals surface area contributed by atoms with Crippen LogP contribution in [0.4, 0.5) is 0 Å². The molecule has 0 radical (unpaired) electrons. The van der Waals surface area contributed by atoms with E-state index in [4.69, 9.17) is 14.4 Å². The molecule has 1 fully saturated rings.